The Bertz CT molecular complexity index is 236. The standard InChI is InChI=1S/C11H17NO.ClH/c1-10-2-4-11(5-3-10)6-7-12-8-9-13;/h2-5,12-13H,6-9H2,1H3;1H. The zero-order valence-corrected chi connectivity index (χ0v) is 9.31. The van der Waals surface area contributed by atoms with Crippen LogP contribution < -0.4 is 5.32 Å². The summed E-state index contributed by atoms with van der Waals surface area (Å²) in [7, 11) is 0. The summed E-state index contributed by atoms with van der Waals surface area (Å²) < 4.78 is 0. The van der Waals surface area contributed by atoms with Crippen LogP contribution in [0.15, 0.2) is 24.3 Å². The summed E-state index contributed by atoms with van der Waals surface area (Å²) in [6.07, 6.45) is 1.03. The van der Waals surface area contributed by atoms with Gasteiger partial charge in [-0.05, 0) is 25.5 Å². The molecule has 2 N–H and O–H groups in total. The van der Waals surface area contributed by atoms with E-state index in [1.54, 1.807) is 0 Å². The molecule has 14 heavy (non-hydrogen) atoms. The number of halogens is 1. The van der Waals surface area contributed by atoms with Crippen molar-refractivity contribution in [2.24, 2.45) is 0 Å². The van der Waals surface area contributed by atoms with Crippen LogP contribution in [0, 0.1) is 6.92 Å². The van der Waals surface area contributed by atoms with Crippen LogP contribution >= 0.6 is 12.4 Å². The SMILES string of the molecule is Cc1ccc(CCNCCO)cc1.Cl. The number of aryl methyl sites for hydroxylation is 1. The van der Waals surface area contributed by atoms with Gasteiger partial charge in [-0.2, -0.15) is 0 Å². The summed E-state index contributed by atoms with van der Waals surface area (Å²) >= 11 is 0. The van der Waals surface area contributed by atoms with E-state index >= 15 is 0 Å². The van der Waals surface area contributed by atoms with Crippen molar-refractivity contribution in [1.29, 1.82) is 0 Å². The Morgan fingerprint density at radius 2 is 1.79 bits per heavy atom. The molecule has 0 aliphatic rings. The summed E-state index contributed by atoms with van der Waals surface area (Å²) in [6.45, 7) is 3.93. The van der Waals surface area contributed by atoms with Crippen molar-refractivity contribution in [3.63, 3.8) is 0 Å². The molecule has 0 aromatic heterocycles. The molecule has 0 spiro atoms. The minimum atomic E-state index is 0. The molecular weight excluding hydrogens is 198 g/mol. The molecule has 0 unspecified atom stereocenters. The first-order valence-electron chi connectivity index (χ1n) is 4.70. The van der Waals surface area contributed by atoms with Crippen LogP contribution in [0.5, 0.6) is 0 Å². The van der Waals surface area contributed by atoms with E-state index in [0.717, 1.165) is 13.0 Å². The molecule has 1 aromatic rings. The average Bonchev–Trinajstić information content (AvgIpc) is 2.15. The monoisotopic (exact) mass is 215 g/mol. The highest BCUT2D eigenvalue weighted by Crippen LogP contribution is 2.02. The lowest BCUT2D eigenvalue weighted by Crippen LogP contribution is -2.20. The average molecular weight is 216 g/mol. The summed E-state index contributed by atoms with van der Waals surface area (Å²) in [5, 5.41) is 11.7. The van der Waals surface area contributed by atoms with Crippen LogP contribution in [-0.4, -0.2) is 24.8 Å². The highest BCUT2D eigenvalue weighted by Gasteiger charge is 1.91. The Labute approximate surface area is 91.8 Å². The van der Waals surface area contributed by atoms with Crippen molar-refractivity contribution in [2.75, 3.05) is 19.7 Å². The van der Waals surface area contributed by atoms with Gasteiger partial charge in [0.25, 0.3) is 0 Å². The molecule has 1 rings (SSSR count). The first kappa shape index (κ1) is 13.4. The van der Waals surface area contributed by atoms with Gasteiger partial charge < -0.3 is 10.4 Å². The summed E-state index contributed by atoms with van der Waals surface area (Å²) in [4.78, 5) is 0. The van der Waals surface area contributed by atoms with Crippen molar-refractivity contribution in [2.45, 2.75) is 13.3 Å². The molecule has 0 radical (unpaired) electrons. The number of aliphatic hydroxyl groups excluding tert-OH is 1. The number of hydrogen-bond donors (Lipinski definition) is 2. The molecular formula is C11H18ClNO. The highest BCUT2D eigenvalue weighted by molar-refractivity contribution is 5.85. The van der Waals surface area contributed by atoms with Gasteiger partial charge in [0.05, 0.1) is 6.61 Å². The van der Waals surface area contributed by atoms with Crippen molar-refractivity contribution in [3.05, 3.63) is 35.4 Å². The van der Waals surface area contributed by atoms with Crippen LogP contribution in [-0.2, 0) is 6.42 Å². The summed E-state index contributed by atoms with van der Waals surface area (Å²) in [5.41, 5.74) is 2.64. The van der Waals surface area contributed by atoms with E-state index in [1.807, 2.05) is 0 Å². The third-order valence-electron chi connectivity index (χ3n) is 2.00. The van der Waals surface area contributed by atoms with Gasteiger partial charge in [0.15, 0.2) is 0 Å². The molecule has 80 valence electrons. The molecule has 0 amide bonds. The van der Waals surface area contributed by atoms with E-state index in [2.05, 4.69) is 36.5 Å². The minimum absolute atomic E-state index is 0. The third kappa shape index (κ3) is 5.22. The van der Waals surface area contributed by atoms with Crippen molar-refractivity contribution in [1.82, 2.24) is 5.32 Å². The molecule has 0 bridgehead atoms. The minimum Gasteiger partial charge on any atom is -0.395 e. The lowest BCUT2D eigenvalue weighted by atomic mass is 10.1. The lowest BCUT2D eigenvalue weighted by molar-refractivity contribution is 0.293. The third-order valence-corrected chi connectivity index (χ3v) is 2.00. The van der Waals surface area contributed by atoms with Gasteiger partial charge in [0.2, 0.25) is 0 Å². The van der Waals surface area contributed by atoms with Crippen molar-refractivity contribution < 1.29 is 5.11 Å². The zero-order chi connectivity index (χ0) is 9.52. The fraction of sp³-hybridized carbons (Fsp3) is 0.455. The maximum absolute atomic E-state index is 8.54. The first-order chi connectivity index (χ1) is 6.33. The molecule has 0 aliphatic heterocycles. The van der Waals surface area contributed by atoms with Gasteiger partial charge in [0.1, 0.15) is 0 Å². The van der Waals surface area contributed by atoms with Crippen LogP contribution in [0.3, 0.4) is 0 Å². The molecule has 2 nitrogen and oxygen atoms in total. The van der Waals surface area contributed by atoms with E-state index in [1.165, 1.54) is 11.1 Å². The maximum Gasteiger partial charge on any atom is 0.0555 e. The molecule has 0 heterocycles. The topological polar surface area (TPSA) is 32.3 Å². The zero-order valence-electron chi connectivity index (χ0n) is 8.49. The van der Waals surface area contributed by atoms with Crippen LogP contribution in [0.25, 0.3) is 0 Å². The van der Waals surface area contributed by atoms with E-state index < -0.39 is 0 Å². The number of hydrogen-bond acceptors (Lipinski definition) is 2. The summed E-state index contributed by atoms with van der Waals surface area (Å²) in [6, 6.07) is 8.55. The van der Waals surface area contributed by atoms with Gasteiger partial charge in [-0.1, -0.05) is 29.8 Å². The molecule has 0 fully saturated rings. The van der Waals surface area contributed by atoms with Crippen molar-refractivity contribution >= 4 is 12.4 Å². The Balaban J connectivity index is 0.00000169. The quantitative estimate of drug-likeness (QED) is 0.731. The molecule has 0 saturated heterocycles. The van der Waals surface area contributed by atoms with Gasteiger partial charge in [-0.15, -0.1) is 12.4 Å². The fourth-order valence-corrected chi connectivity index (χ4v) is 1.19. The van der Waals surface area contributed by atoms with Crippen LogP contribution in [0.1, 0.15) is 11.1 Å². The number of nitrogens with one attached hydrogen (secondary N) is 1. The molecule has 1 aromatic carbocycles. The van der Waals surface area contributed by atoms with Crippen LogP contribution in [0.2, 0.25) is 0 Å². The predicted molar refractivity (Wildman–Crippen MR) is 62.1 cm³/mol. The van der Waals surface area contributed by atoms with Crippen molar-refractivity contribution in [3.8, 4) is 0 Å². The summed E-state index contributed by atoms with van der Waals surface area (Å²) in [5.74, 6) is 0. The molecule has 3 heteroatoms. The first-order valence-corrected chi connectivity index (χ1v) is 4.70. The number of aliphatic hydroxyl groups is 1. The second-order valence-corrected chi connectivity index (χ2v) is 3.21. The molecule has 0 saturated carbocycles. The van der Waals surface area contributed by atoms with E-state index in [9.17, 15) is 0 Å². The second-order valence-electron chi connectivity index (χ2n) is 3.21. The Morgan fingerprint density at radius 1 is 1.14 bits per heavy atom. The lowest BCUT2D eigenvalue weighted by Gasteiger charge is -2.03. The smallest absolute Gasteiger partial charge is 0.0555 e. The Hall–Kier alpha value is -0.570. The Kier molecular flexibility index (Phi) is 7.48. The largest absolute Gasteiger partial charge is 0.395 e. The van der Waals surface area contributed by atoms with Crippen LogP contribution in [0.4, 0.5) is 0 Å². The van der Waals surface area contributed by atoms with E-state index in [0.29, 0.717) is 6.54 Å². The fourth-order valence-electron chi connectivity index (χ4n) is 1.19. The number of rotatable bonds is 5. The number of benzene rings is 1. The van der Waals surface area contributed by atoms with Gasteiger partial charge in [0, 0.05) is 6.54 Å². The van der Waals surface area contributed by atoms with E-state index in [4.69, 9.17) is 5.11 Å². The molecule has 0 aliphatic carbocycles. The van der Waals surface area contributed by atoms with E-state index in [-0.39, 0.29) is 19.0 Å². The van der Waals surface area contributed by atoms with Gasteiger partial charge in [-0.25, -0.2) is 0 Å². The molecule has 0 atom stereocenters. The van der Waals surface area contributed by atoms with Gasteiger partial charge >= 0.3 is 0 Å². The normalized spacial score (nSPS) is 9.57. The maximum atomic E-state index is 8.54. The van der Waals surface area contributed by atoms with Gasteiger partial charge in [-0.3, -0.25) is 0 Å². The predicted octanol–water partition coefficient (Wildman–Crippen LogP) is 1.54. The second kappa shape index (κ2) is 7.80. The Morgan fingerprint density at radius 3 is 2.36 bits per heavy atom. The highest BCUT2D eigenvalue weighted by atomic mass is 35.5.